The van der Waals surface area contributed by atoms with Crippen LogP contribution in [0.3, 0.4) is 0 Å². The minimum atomic E-state index is -0.902. The molecule has 72 valence electrons. The number of aromatic hydroxyl groups is 1. The van der Waals surface area contributed by atoms with E-state index in [1.165, 1.54) is 25.1 Å². The standard InChI is InChI=1S/C9H12FNO2/c1-5(12)9(11)8-6(10)3-2-4-7(8)13/h2-5,9,12-13H,11H2,1H3/t5?,9-/m1/s1. The molecule has 0 fully saturated rings. The summed E-state index contributed by atoms with van der Waals surface area (Å²) >= 11 is 0. The molecule has 0 aliphatic heterocycles. The first-order valence-corrected chi connectivity index (χ1v) is 3.95. The maximum atomic E-state index is 13.1. The second kappa shape index (κ2) is 3.72. The number of hydrogen-bond acceptors (Lipinski definition) is 3. The van der Waals surface area contributed by atoms with E-state index in [2.05, 4.69) is 0 Å². The van der Waals surface area contributed by atoms with Gasteiger partial charge in [-0.2, -0.15) is 0 Å². The number of hydrogen-bond donors (Lipinski definition) is 3. The van der Waals surface area contributed by atoms with Crippen LogP contribution in [0.4, 0.5) is 4.39 Å². The lowest BCUT2D eigenvalue weighted by atomic mass is 10.0. The largest absolute Gasteiger partial charge is 0.507 e. The number of benzene rings is 1. The molecule has 0 spiro atoms. The molecule has 1 unspecified atom stereocenters. The SMILES string of the molecule is CC(O)[C@@H](N)c1c(O)cccc1F. The van der Waals surface area contributed by atoms with Crippen LogP contribution in [0.5, 0.6) is 5.75 Å². The van der Waals surface area contributed by atoms with Crippen molar-refractivity contribution in [1.82, 2.24) is 0 Å². The van der Waals surface area contributed by atoms with E-state index in [9.17, 15) is 9.50 Å². The number of aliphatic hydroxyl groups excluding tert-OH is 1. The highest BCUT2D eigenvalue weighted by molar-refractivity contribution is 5.36. The summed E-state index contributed by atoms with van der Waals surface area (Å²) in [5.41, 5.74) is 5.45. The molecule has 4 heteroatoms. The van der Waals surface area contributed by atoms with Gasteiger partial charge in [-0.3, -0.25) is 0 Å². The fourth-order valence-electron chi connectivity index (χ4n) is 1.10. The number of halogens is 1. The van der Waals surface area contributed by atoms with Crippen LogP contribution < -0.4 is 5.73 Å². The van der Waals surface area contributed by atoms with Crippen LogP contribution in [-0.2, 0) is 0 Å². The topological polar surface area (TPSA) is 66.5 Å². The number of phenols is 1. The molecule has 0 saturated carbocycles. The first-order valence-electron chi connectivity index (χ1n) is 3.95. The summed E-state index contributed by atoms with van der Waals surface area (Å²) in [6, 6.07) is 3.00. The Morgan fingerprint density at radius 2 is 2.08 bits per heavy atom. The summed E-state index contributed by atoms with van der Waals surface area (Å²) < 4.78 is 13.1. The van der Waals surface area contributed by atoms with Gasteiger partial charge in [-0.1, -0.05) is 6.07 Å². The van der Waals surface area contributed by atoms with Crippen molar-refractivity contribution >= 4 is 0 Å². The van der Waals surface area contributed by atoms with Crippen LogP contribution >= 0.6 is 0 Å². The number of phenolic OH excluding ortho intramolecular Hbond substituents is 1. The lowest BCUT2D eigenvalue weighted by Gasteiger charge is -2.16. The van der Waals surface area contributed by atoms with Gasteiger partial charge in [0.25, 0.3) is 0 Å². The van der Waals surface area contributed by atoms with Crippen molar-refractivity contribution in [2.45, 2.75) is 19.1 Å². The Morgan fingerprint density at radius 3 is 2.54 bits per heavy atom. The van der Waals surface area contributed by atoms with E-state index in [4.69, 9.17) is 10.8 Å². The van der Waals surface area contributed by atoms with Gasteiger partial charge in [0.15, 0.2) is 0 Å². The van der Waals surface area contributed by atoms with Crippen molar-refractivity contribution in [3.05, 3.63) is 29.6 Å². The Kier molecular flexibility index (Phi) is 2.85. The van der Waals surface area contributed by atoms with E-state index in [0.29, 0.717) is 0 Å². The molecular formula is C9H12FNO2. The molecule has 1 aromatic carbocycles. The maximum Gasteiger partial charge on any atom is 0.131 e. The highest BCUT2D eigenvalue weighted by Crippen LogP contribution is 2.26. The monoisotopic (exact) mass is 185 g/mol. The van der Waals surface area contributed by atoms with Gasteiger partial charge in [0.05, 0.1) is 12.1 Å². The molecule has 2 atom stereocenters. The second-order valence-corrected chi connectivity index (χ2v) is 2.94. The summed E-state index contributed by atoms with van der Waals surface area (Å²) in [7, 11) is 0. The summed E-state index contributed by atoms with van der Waals surface area (Å²) in [4.78, 5) is 0. The quantitative estimate of drug-likeness (QED) is 0.641. The van der Waals surface area contributed by atoms with E-state index < -0.39 is 18.0 Å². The number of rotatable bonds is 2. The van der Waals surface area contributed by atoms with Crippen LogP contribution in [-0.4, -0.2) is 16.3 Å². The average Bonchev–Trinajstić information content (AvgIpc) is 2.03. The number of aliphatic hydroxyl groups is 1. The van der Waals surface area contributed by atoms with Crippen molar-refractivity contribution in [1.29, 1.82) is 0 Å². The normalized spacial score (nSPS) is 15.4. The molecule has 0 amide bonds. The van der Waals surface area contributed by atoms with E-state index in [1.54, 1.807) is 0 Å². The molecule has 0 aliphatic rings. The minimum absolute atomic E-state index is 0.0440. The lowest BCUT2D eigenvalue weighted by molar-refractivity contribution is 0.161. The van der Waals surface area contributed by atoms with Gasteiger partial charge in [0.1, 0.15) is 11.6 Å². The third-order valence-electron chi connectivity index (χ3n) is 1.88. The molecule has 0 aliphatic carbocycles. The zero-order valence-corrected chi connectivity index (χ0v) is 7.24. The van der Waals surface area contributed by atoms with Crippen molar-refractivity contribution in [2.75, 3.05) is 0 Å². The molecule has 13 heavy (non-hydrogen) atoms. The van der Waals surface area contributed by atoms with Gasteiger partial charge in [-0.05, 0) is 19.1 Å². The van der Waals surface area contributed by atoms with Crippen LogP contribution in [0, 0.1) is 5.82 Å². The van der Waals surface area contributed by atoms with Gasteiger partial charge >= 0.3 is 0 Å². The summed E-state index contributed by atoms with van der Waals surface area (Å²) in [5.74, 6) is -0.832. The summed E-state index contributed by atoms with van der Waals surface area (Å²) in [5, 5.41) is 18.4. The van der Waals surface area contributed by atoms with Crippen molar-refractivity contribution in [3.8, 4) is 5.75 Å². The van der Waals surface area contributed by atoms with E-state index in [1.807, 2.05) is 0 Å². The highest BCUT2D eigenvalue weighted by Gasteiger charge is 2.19. The van der Waals surface area contributed by atoms with E-state index in [-0.39, 0.29) is 11.3 Å². The molecule has 1 rings (SSSR count). The van der Waals surface area contributed by atoms with Crippen LogP contribution in [0.1, 0.15) is 18.5 Å². The van der Waals surface area contributed by atoms with Crippen molar-refractivity contribution in [2.24, 2.45) is 5.73 Å². The van der Waals surface area contributed by atoms with Crippen LogP contribution in [0.15, 0.2) is 18.2 Å². The lowest BCUT2D eigenvalue weighted by Crippen LogP contribution is -2.24. The maximum absolute atomic E-state index is 13.1. The molecule has 0 radical (unpaired) electrons. The van der Waals surface area contributed by atoms with Gasteiger partial charge in [0.2, 0.25) is 0 Å². The third kappa shape index (κ3) is 1.96. The van der Waals surface area contributed by atoms with Gasteiger partial charge < -0.3 is 15.9 Å². The first-order chi connectivity index (χ1) is 6.04. The Labute approximate surface area is 75.6 Å². The van der Waals surface area contributed by atoms with Crippen LogP contribution in [0.2, 0.25) is 0 Å². The zero-order chi connectivity index (χ0) is 10.0. The Bertz CT molecular complexity index is 281. The summed E-state index contributed by atoms with van der Waals surface area (Å²) in [6.45, 7) is 1.44. The third-order valence-corrected chi connectivity index (χ3v) is 1.88. The predicted octanol–water partition coefficient (Wildman–Crippen LogP) is 0.912. The Morgan fingerprint density at radius 1 is 1.46 bits per heavy atom. The van der Waals surface area contributed by atoms with Crippen molar-refractivity contribution in [3.63, 3.8) is 0 Å². The predicted molar refractivity (Wildman–Crippen MR) is 46.7 cm³/mol. The van der Waals surface area contributed by atoms with Gasteiger partial charge in [-0.25, -0.2) is 4.39 Å². The van der Waals surface area contributed by atoms with E-state index >= 15 is 0 Å². The molecule has 0 heterocycles. The highest BCUT2D eigenvalue weighted by atomic mass is 19.1. The molecular weight excluding hydrogens is 173 g/mol. The minimum Gasteiger partial charge on any atom is -0.507 e. The Hall–Kier alpha value is -1.13. The molecule has 0 aromatic heterocycles. The molecule has 3 nitrogen and oxygen atoms in total. The molecule has 0 saturated heterocycles. The summed E-state index contributed by atoms with van der Waals surface area (Å²) in [6.07, 6.45) is -0.900. The Balaban J connectivity index is 3.12. The van der Waals surface area contributed by atoms with Gasteiger partial charge in [0, 0.05) is 5.56 Å². The zero-order valence-electron chi connectivity index (χ0n) is 7.24. The van der Waals surface area contributed by atoms with Crippen LogP contribution in [0.25, 0.3) is 0 Å². The smallest absolute Gasteiger partial charge is 0.131 e. The fourth-order valence-corrected chi connectivity index (χ4v) is 1.10. The van der Waals surface area contributed by atoms with Crippen molar-refractivity contribution < 1.29 is 14.6 Å². The van der Waals surface area contributed by atoms with E-state index in [0.717, 1.165) is 0 Å². The first kappa shape index (κ1) is 9.95. The second-order valence-electron chi connectivity index (χ2n) is 2.94. The molecule has 4 N–H and O–H groups in total. The molecule has 0 bridgehead atoms. The fraction of sp³-hybridized carbons (Fsp3) is 0.333. The molecule has 1 aromatic rings. The van der Waals surface area contributed by atoms with Gasteiger partial charge in [-0.15, -0.1) is 0 Å². The average molecular weight is 185 g/mol. The number of nitrogens with two attached hydrogens (primary N) is 1.